The molecule has 0 saturated heterocycles. The van der Waals surface area contributed by atoms with Crippen molar-refractivity contribution in [2.75, 3.05) is 7.11 Å². The van der Waals surface area contributed by atoms with E-state index in [4.69, 9.17) is 4.74 Å². The maximum atomic E-state index is 13.0. The largest absolute Gasteiger partial charge is 0.497 e. The van der Waals surface area contributed by atoms with Crippen molar-refractivity contribution in [1.29, 1.82) is 0 Å². The van der Waals surface area contributed by atoms with Crippen molar-refractivity contribution >= 4 is 11.5 Å². The van der Waals surface area contributed by atoms with E-state index in [1.165, 1.54) is 24.3 Å². The predicted octanol–water partition coefficient (Wildman–Crippen LogP) is 3.98. The zero-order chi connectivity index (χ0) is 17.3. The van der Waals surface area contributed by atoms with Crippen LogP contribution in [0.15, 0.2) is 48.5 Å². The van der Waals surface area contributed by atoms with E-state index in [2.05, 4.69) is 19.2 Å². The van der Waals surface area contributed by atoms with Crippen LogP contribution in [0.2, 0.25) is 0 Å². The van der Waals surface area contributed by atoms with Crippen LogP contribution in [0.3, 0.4) is 0 Å². The Morgan fingerprint density at radius 1 is 1.21 bits per heavy atom. The summed E-state index contributed by atoms with van der Waals surface area (Å²) in [5.41, 5.74) is 3.19. The molecule has 24 heavy (non-hydrogen) atoms. The Morgan fingerprint density at radius 3 is 2.58 bits per heavy atom. The molecule has 1 aliphatic rings. The Labute approximate surface area is 141 Å². The van der Waals surface area contributed by atoms with Gasteiger partial charge < -0.3 is 10.1 Å². The van der Waals surface area contributed by atoms with Gasteiger partial charge in [-0.15, -0.1) is 0 Å². The van der Waals surface area contributed by atoms with E-state index in [-0.39, 0.29) is 17.1 Å². The molecule has 2 aromatic rings. The van der Waals surface area contributed by atoms with Gasteiger partial charge in [-0.25, -0.2) is 4.39 Å². The van der Waals surface area contributed by atoms with Gasteiger partial charge in [-0.1, -0.05) is 6.07 Å². The number of allylic oxidation sites excluding steroid dienone is 1. The molecule has 0 radical (unpaired) electrons. The second kappa shape index (κ2) is 6.11. The smallest absolute Gasteiger partial charge is 0.187 e. The highest BCUT2D eigenvalue weighted by Gasteiger charge is 2.28. The summed E-state index contributed by atoms with van der Waals surface area (Å²) >= 11 is 0. The highest BCUT2D eigenvalue weighted by molar-refractivity contribution is 6.08. The van der Waals surface area contributed by atoms with Gasteiger partial charge in [-0.05, 0) is 62.2 Å². The van der Waals surface area contributed by atoms with Gasteiger partial charge in [-0.3, -0.25) is 4.79 Å². The molecule has 0 aromatic heterocycles. The number of nitrogens with one attached hydrogen (secondary N) is 1. The Balaban J connectivity index is 2.03. The standard InChI is InChI=1S/C20H20FNO2/c1-20(2)12-14-6-9-16(24-3)10-17(14)18(22-20)11-19(23)13-4-7-15(21)8-5-13/h4-11,22H,12H2,1-3H3/b18-11-. The maximum Gasteiger partial charge on any atom is 0.187 e. The molecule has 3 nitrogen and oxygen atoms in total. The van der Waals surface area contributed by atoms with E-state index in [9.17, 15) is 9.18 Å². The molecule has 4 heteroatoms. The third kappa shape index (κ3) is 3.32. The number of hydrogen-bond donors (Lipinski definition) is 1. The third-order valence-corrected chi connectivity index (χ3v) is 4.12. The zero-order valence-electron chi connectivity index (χ0n) is 14.0. The molecular weight excluding hydrogens is 305 g/mol. The van der Waals surface area contributed by atoms with E-state index < -0.39 is 0 Å². The fraction of sp³-hybridized carbons (Fsp3) is 0.250. The summed E-state index contributed by atoms with van der Waals surface area (Å²) < 4.78 is 18.3. The molecule has 124 valence electrons. The highest BCUT2D eigenvalue weighted by atomic mass is 19.1. The first-order chi connectivity index (χ1) is 11.4. The lowest BCUT2D eigenvalue weighted by molar-refractivity contribution is 0.104. The van der Waals surface area contributed by atoms with Crippen LogP contribution in [0, 0.1) is 5.82 Å². The van der Waals surface area contributed by atoms with Crippen LogP contribution in [0.1, 0.15) is 35.3 Å². The summed E-state index contributed by atoms with van der Waals surface area (Å²) in [6, 6.07) is 11.5. The quantitative estimate of drug-likeness (QED) is 0.685. The Kier molecular flexibility index (Phi) is 4.14. The van der Waals surface area contributed by atoms with Gasteiger partial charge in [-0.2, -0.15) is 0 Å². The lowest BCUT2D eigenvalue weighted by Gasteiger charge is -2.35. The highest BCUT2D eigenvalue weighted by Crippen LogP contribution is 2.32. The van der Waals surface area contributed by atoms with Crippen LogP contribution >= 0.6 is 0 Å². The van der Waals surface area contributed by atoms with Crippen LogP contribution in [0.25, 0.3) is 5.70 Å². The molecule has 0 atom stereocenters. The van der Waals surface area contributed by atoms with Crippen molar-refractivity contribution in [3.63, 3.8) is 0 Å². The number of methoxy groups -OCH3 is 1. The number of halogens is 1. The van der Waals surface area contributed by atoms with Gasteiger partial charge in [0.25, 0.3) is 0 Å². The lowest BCUT2D eigenvalue weighted by Crippen LogP contribution is -2.43. The molecule has 0 amide bonds. The molecule has 0 saturated carbocycles. The maximum absolute atomic E-state index is 13.0. The molecule has 1 aliphatic heterocycles. The molecule has 3 rings (SSSR count). The van der Waals surface area contributed by atoms with E-state index in [0.717, 1.165) is 29.0 Å². The number of carbonyl (C=O) groups is 1. The SMILES string of the molecule is COc1ccc2c(c1)/C(=C/C(=O)c1ccc(F)cc1)NC(C)(C)C2. The fourth-order valence-corrected chi connectivity index (χ4v) is 2.98. The van der Waals surface area contributed by atoms with Gasteiger partial charge in [0.1, 0.15) is 11.6 Å². The molecular formula is C20H20FNO2. The van der Waals surface area contributed by atoms with Crippen molar-refractivity contribution in [2.24, 2.45) is 0 Å². The molecule has 0 aliphatic carbocycles. The summed E-state index contributed by atoms with van der Waals surface area (Å²) in [7, 11) is 1.62. The minimum absolute atomic E-state index is 0.156. The van der Waals surface area contributed by atoms with Crippen LogP contribution in [0.4, 0.5) is 4.39 Å². The van der Waals surface area contributed by atoms with E-state index in [1.807, 2.05) is 18.2 Å². The third-order valence-electron chi connectivity index (χ3n) is 4.12. The number of carbonyl (C=O) groups excluding carboxylic acids is 1. The predicted molar refractivity (Wildman–Crippen MR) is 92.6 cm³/mol. The van der Waals surface area contributed by atoms with Crippen molar-refractivity contribution in [2.45, 2.75) is 25.8 Å². The Bertz CT molecular complexity index is 807. The second-order valence-electron chi connectivity index (χ2n) is 6.64. The van der Waals surface area contributed by atoms with Gasteiger partial charge in [0.05, 0.1) is 7.11 Å². The van der Waals surface area contributed by atoms with Gasteiger partial charge in [0, 0.05) is 28.4 Å². The number of benzene rings is 2. The van der Waals surface area contributed by atoms with E-state index in [1.54, 1.807) is 13.2 Å². The molecule has 0 bridgehead atoms. The number of ether oxygens (including phenoxy) is 1. The molecule has 0 unspecified atom stereocenters. The molecule has 1 heterocycles. The normalized spacial score (nSPS) is 17.1. The average molecular weight is 325 g/mol. The number of ketones is 1. The first kappa shape index (κ1) is 16.2. The van der Waals surface area contributed by atoms with E-state index >= 15 is 0 Å². The van der Waals surface area contributed by atoms with Gasteiger partial charge in [0.15, 0.2) is 5.78 Å². The average Bonchev–Trinajstić information content (AvgIpc) is 2.54. The topological polar surface area (TPSA) is 38.3 Å². The fourth-order valence-electron chi connectivity index (χ4n) is 2.98. The first-order valence-electron chi connectivity index (χ1n) is 7.85. The van der Waals surface area contributed by atoms with Crippen LogP contribution in [0.5, 0.6) is 5.75 Å². The molecule has 0 fully saturated rings. The van der Waals surface area contributed by atoms with Crippen LogP contribution < -0.4 is 10.1 Å². The summed E-state index contributed by atoms with van der Waals surface area (Å²) in [4.78, 5) is 12.5. The molecule has 1 N–H and O–H groups in total. The minimum Gasteiger partial charge on any atom is -0.497 e. The van der Waals surface area contributed by atoms with Gasteiger partial charge in [0.2, 0.25) is 0 Å². The van der Waals surface area contributed by atoms with Crippen molar-refractivity contribution in [1.82, 2.24) is 5.32 Å². The van der Waals surface area contributed by atoms with E-state index in [0.29, 0.717) is 5.56 Å². The number of hydrogen-bond acceptors (Lipinski definition) is 3. The van der Waals surface area contributed by atoms with Gasteiger partial charge >= 0.3 is 0 Å². The summed E-state index contributed by atoms with van der Waals surface area (Å²) in [6.45, 7) is 4.19. The monoisotopic (exact) mass is 325 g/mol. The summed E-state index contributed by atoms with van der Waals surface area (Å²) in [5.74, 6) is 0.227. The first-order valence-corrected chi connectivity index (χ1v) is 7.85. The van der Waals surface area contributed by atoms with Crippen molar-refractivity contribution in [3.05, 3.63) is 71.0 Å². The summed E-state index contributed by atoms with van der Waals surface area (Å²) in [5, 5.41) is 3.42. The van der Waals surface area contributed by atoms with Crippen molar-refractivity contribution in [3.8, 4) is 5.75 Å². The lowest BCUT2D eigenvalue weighted by atomic mass is 9.85. The molecule has 0 spiro atoms. The zero-order valence-corrected chi connectivity index (χ0v) is 14.0. The number of fused-ring (bicyclic) bond motifs is 1. The Hall–Kier alpha value is -2.62. The number of rotatable bonds is 3. The molecule has 2 aromatic carbocycles. The van der Waals surface area contributed by atoms with Crippen LogP contribution in [-0.4, -0.2) is 18.4 Å². The summed E-state index contributed by atoms with van der Waals surface area (Å²) in [6.07, 6.45) is 2.43. The second-order valence-corrected chi connectivity index (χ2v) is 6.64. The minimum atomic E-state index is -0.355. The van der Waals surface area contributed by atoms with Crippen LogP contribution in [-0.2, 0) is 6.42 Å². The van der Waals surface area contributed by atoms with Crippen molar-refractivity contribution < 1.29 is 13.9 Å². The Morgan fingerprint density at radius 2 is 1.92 bits per heavy atom.